The zero-order valence-electron chi connectivity index (χ0n) is 5.70. The van der Waals surface area contributed by atoms with Crippen LogP contribution >= 0.6 is 0 Å². The second-order valence-electron chi connectivity index (χ2n) is 5.69. The molecule has 4 bridgehead atoms. The van der Waals surface area contributed by atoms with E-state index in [1.165, 1.54) is 5.92 Å². The van der Waals surface area contributed by atoms with Gasteiger partial charge >= 0.3 is 0 Å². The number of hydrogen-bond acceptors (Lipinski definition) is 0. The molecule has 7 saturated carbocycles. The summed E-state index contributed by atoms with van der Waals surface area (Å²) in [7, 11) is 0. The summed E-state index contributed by atoms with van der Waals surface area (Å²) >= 11 is 0. The molecule has 0 heteroatoms. The second kappa shape index (κ2) is 0.436. The van der Waals surface area contributed by atoms with E-state index < -0.39 is 0 Å². The van der Waals surface area contributed by atoms with Crippen molar-refractivity contribution in [3.8, 4) is 0 Å². The molecule has 7 fully saturated rings. The van der Waals surface area contributed by atoms with E-state index in [-0.39, 0.29) is 0 Å². The van der Waals surface area contributed by atoms with Crippen LogP contribution in [-0.4, -0.2) is 0 Å². The Morgan fingerprint density at radius 1 is 1.00 bits per heavy atom. The molecule has 7 rings (SSSR count). The third-order valence-corrected chi connectivity index (χ3v) is 5.67. The molecule has 0 radical (unpaired) electrons. The SMILES string of the molecule is CC12CC34C5C3(C1)C54C2. The molecule has 0 heterocycles. The van der Waals surface area contributed by atoms with Gasteiger partial charge in [-0.15, -0.1) is 0 Å². The predicted molar refractivity (Wildman–Crippen MR) is 32.7 cm³/mol. The molecule has 0 unspecified atom stereocenters. The first kappa shape index (κ1) is 3.41. The van der Waals surface area contributed by atoms with Gasteiger partial charge in [0, 0.05) is 0 Å². The van der Waals surface area contributed by atoms with Crippen LogP contribution in [0.5, 0.6) is 0 Å². The summed E-state index contributed by atoms with van der Waals surface area (Å²) in [5, 5.41) is 0. The Morgan fingerprint density at radius 2 is 1.44 bits per heavy atom. The van der Waals surface area contributed by atoms with E-state index in [4.69, 9.17) is 0 Å². The zero-order valence-corrected chi connectivity index (χ0v) is 5.70. The van der Waals surface area contributed by atoms with Crippen molar-refractivity contribution in [2.75, 3.05) is 0 Å². The molecule has 46 valence electrons. The minimum atomic E-state index is 0.870. The molecule has 7 aliphatic rings. The van der Waals surface area contributed by atoms with Gasteiger partial charge in [-0.25, -0.2) is 0 Å². The highest BCUT2D eigenvalue weighted by molar-refractivity contribution is 5.77. The van der Waals surface area contributed by atoms with Crippen LogP contribution in [0.25, 0.3) is 0 Å². The van der Waals surface area contributed by atoms with Gasteiger partial charge < -0.3 is 0 Å². The Bertz CT molecular complexity index is 235. The van der Waals surface area contributed by atoms with Gasteiger partial charge in [0.25, 0.3) is 0 Å². The maximum Gasteiger partial charge on any atom is -0.0122 e. The quantitative estimate of drug-likeness (QED) is 0.455. The summed E-state index contributed by atoms with van der Waals surface area (Å²) in [5.74, 6) is 1.32. The van der Waals surface area contributed by atoms with E-state index in [0.29, 0.717) is 0 Å². The largest absolute Gasteiger partial charge is 0.0596 e. The highest BCUT2D eigenvalue weighted by Crippen LogP contribution is 3.35. The lowest BCUT2D eigenvalue weighted by molar-refractivity contribution is 0.321. The molecule has 0 aromatic heterocycles. The van der Waals surface area contributed by atoms with Gasteiger partial charge in [-0.1, -0.05) is 6.92 Å². The summed E-state index contributed by atoms with van der Waals surface area (Å²) in [4.78, 5) is 0. The van der Waals surface area contributed by atoms with Gasteiger partial charge in [-0.05, 0) is 46.8 Å². The van der Waals surface area contributed by atoms with Crippen molar-refractivity contribution in [1.82, 2.24) is 0 Å². The van der Waals surface area contributed by atoms with E-state index in [0.717, 1.165) is 21.7 Å². The van der Waals surface area contributed by atoms with Gasteiger partial charge in [0.2, 0.25) is 0 Å². The predicted octanol–water partition coefficient (Wildman–Crippen LogP) is 1.81. The molecule has 0 saturated heterocycles. The van der Waals surface area contributed by atoms with Crippen molar-refractivity contribution in [3.63, 3.8) is 0 Å². The third kappa shape index (κ3) is 0.0952. The first-order valence-electron chi connectivity index (χ1n) is 4.24. The Labute approximate surface area is 54.6 Å². The topological polar surface area (TPSA) is 0 Å². The van der Waals surface area contributed by atoms with Crippen LogP contribution in [0.3, 0.4) is 0 Å². The highest BCUT2D eigenvalue weighted by Gasteiger charge is 3.31. The van der Waals surface area contributed by atoms with Gasteiger partial charge in [0.05, 0.1) is 0 Å². The van der Waals surface area contributed by atoms with Crippen molar-refractivity contribution in [2.24, 2.45) is 27.6 Å². The maximum absolute atomic E-state index is 2.52. The molecule has 0 nitrogen and oxygen atoms in total. The van der Waals surface area contributed by atoms with Gasteiger partial charge in [-0.2, -0.15) is 0 Å². The monoisotopic (exact) mass is 118 g/mol. The van der Waals surface area contributed by atoms with E-state index >= 15 is 0 Å². The van der Waals surface area contributed by atoms with Gasteiger partial charge in [-0.3, -0.25) is 0 Å². The van der Waals surface area contributed by atoms with Crippen LogP contribution < -0.4 is 0 Å². The van der Waals surface area contributed by atoms with E-state index in [9.17, 15) is 0 Å². The number of rotatable bonds is 0. The summed E-state index contributed by atoms with van der Waals surface area (Å²) in [6.45, 7) is 2.52. The molecule has 0 aromatic carbocycles. The molecule has 3 spiro atoms. The van der Waals surface area contributed by atoms with Crippen molar-refractivity contribution in [2.45, 2.75) is 26.2 Å². The Hall–Kier alpha value is 0. The van der Waals surface area contributed by atoms with Gasteiger partial charge in [0.1, 0.15) is 0 Å². The molecule has 0 N–H and O–H groups in total. The van der Waals surface area contributed by atoms with Crippen LogP contribution in [0.2, 0.25) is 0 Å². The number of hydrogen-bond donors (Lipinski definition) is 0. The molecule has 0 aromatic rings. The molecule has 7 aliphatic carbocycles. The van der Waals surface area contributed by atoms with Crippen LogP contribution in [0.4, 0.5) is 0 Å². The molecular formula is C9H10. The fourth-order valence-corrected chi connectivity index (χ4v) is 5.89. The lowest BCUT2D eigenvalue weighted by Crippen LogP contribution is -2.08. The zero-order chi connectivity index (χ0) is 5.70. The molecule has 0 amide bonds. The van der Waals surface area contributed by atoms with Crippen molar-refractivity contribution < 1.29 is 0 Å². The molecule has 9 heavy (non-hydrogen) atoms. The van der Waals surface area contributed by atoms with E-state index in [1.807, 2.05) is 0 Å². The third-order valence-electron chi connectivity index (χ3n) is 5.67. The minimum absolute atomic E-state index is 0.870. The lowest BCUT2D eigenvalue weighted by Gasteiger charge is -2.18. The molecule has 0 aliphatic heterocycles. The molecule has 0 atom stereocenters. The normalized spacial score (nSPS) is 106. The summed E-state index contributed by atoms with van der Waals surface area (Å²) in [6.07, 6.45) is 4.93. The fraction of sp³-hybridized carbons (Fsp3) is 1.00. The second-order valence-corrected chi connectivity index (χ2v) is 5.69. The maximum atomic E-state index is 2.52. The van der Waals surface area contributed by atoms with Crippen LogP contribution in [0, 0.1) is 27.6 Å². The van der Waals surface area contributed by atoms with E-state index in [1.54, 1.807) is 19.3 Å². The van der Waals surface area contributed by atoms with Crippen molar-refractivity contribution in [1.29, 1.82) is 0 Å². The first-order valence-corrected chi connectivity index (χ1v) is 4.24. The summed E-state index contributed by atoms with van der Waals surface area (Å²) < 4.78 is 0. The Kier molecular flexibility index (Phi) is 0.165. The summed E-state index contributed by atoms with van der Waals surface area (Å²) in [6, 6.07) is 0. The van der Waals surface area contributed by atoms with Gasteiger partial charge in [0.15, 0.2) is 0 Å². The standard InChI is InChI=1S/C9H10/c1-6-2-7-5-8(7,3-6)9(5,7)4-6/h5H,2-4H2,1H3. The van der Waals surface area contributed by atoms with Crippen LogP contribution in [0.15, 0.2) is 0 Å². The highest BCUT2D eigenvalue weighted by atomic mass is 15.3. The van der Waals surface area contributed by atoms with E-state index in [2.05, 4.69) is 6.92 Å². The summed E-state index contributed by atoms with van der Waals surface area (Å²) in [5.41, 5.74) is 4.06. The van der Waals surface area contributed by atoms with Crippen molar-refractivity contribution in [3.05, 3.63) is 0 Å². The Balaban J connectivity index is 2.05. The first-order chi connectivity index (χ1) is 4.24. The smallest absolute Gasteiger partial charge is 0.0122 e. The molecular weight excluding hydrogens is 108 g/mol. The fourth-order valence-electron chi connectivity index (χ4n) is 5.89. The average molecular weight is 118 g/mol. The van der Waals surface area contributed by atoms with Crippen LogP contribution in [0.1, 0.15) is 26.2 Å². The minimum Gasteiger partial charge on any atom is -0.0596 e. The lowest BCUT2D eigenvalue weighted by atomic mass is 9.87. The Morgan fingerprint density at radius 3 is 1.67 bits per heavy atom. The van der Waals surface area contributed by atoms with Crippen LogP contribution in [-0.2, 0) is 0 Å². The van der Waals surface area contributed by atoms with Crippen molar-refractivity contribution >= 4 is 0 Å². The average Bonchev–Trinajstić information content (AvgIpc) is 2.64.